The number of aliphatic hydroxyl groups is 1. The minimum atomic E-state index is -4.03. The summed E-state index contributed by atoms with van der Waals surface area (Å²) in [4.78, 5) is 10.6. The Bertz CT molecular complexity index is 600. The van der Waals surface area contributed by atoms with Gasteiger partial charge in [-0.1, -0.05) is 0 Å². The maximum Gasteiger partial charge on any atom is 0.335 e. The first-order valence-electron chi connectivity index (χ1n) is 5.89. The first-order chi connectivity index (χ1) is 9.81. The van der Waals surface area contributed by atoms with Crippen molar-refractivity contribution < 1.29 is 32.9 Å². The van der Waals surface area contributed by atoms with Gasteiger partial charge >= 0.3 is 5.97 Å². The van der Waals surface area contributed by atoms with E-state index >= 15 is 0 Å². The first kappa shape index (κ1) is 17.4. The number of carbonyl (C=O) groups is 1. The number of ether oxygens (including phenoxy) is 2. The molecule has 0 heterocycles. The highest BCUT2D eigenvalue weighted by molar-refractivity contribution is 7.89. The highest BCUT2D eigenvalue weighted by Gasteiger charge is 2.22. The van der Waals surface area contributed by atoms with E-state index in [4.69, 9.17) is 9.84 Å². The standard InChI is InChI=1S/C12H17NO7S/c1-19-7-9(14)6-13-21(17,18)11-5-8(12(15)16)3-4-10(11)20-2/h3-5,9,13-14H,6-7H2,1-2H3,(H,15,16). The lowest BCUT2D eigenvalue weighted by Crippen LogP contribution is -2.34. The summed E-state index contributed by atoms with van der Waals surface area (Å²) in [5.74, 6) is -1.25. The molecule has 118 valence electrons. The van der Waals surface area contributed by atoms with Gasteiger partial charge in [-0.3, -0.25) is 0 Å². The molecule has 3 N–H and O–H groups in total. The fourth-order valence-corrected chi connectivity index (χ4v) is 2.82. The van der Waals surface area contributed by atoms with Crippen LogP contribution in [0.2, 0.25) is 0 Å². The van der Waals surface area contributed by atoms with Crippen molar-refractivity contribution >= 4 is 16.0 Å². The number of benzene rings is 1. The summed E-state index contributed by atoms with van der Waals surface area (Å²) >= 11 is 0. The molecule has 0 amide bonds. The Kier molecular flexibility index (Phi) is 6.09. The molecule has 9 heteroatoms. The number of nitrogens with one attached hydrogen (secondary N) is 1. The van der Waals surface area contributed by atoms with Crippen LogP contribution in [0.5, 0.6) is 5.75 Å². The highest BCUT2D eigenvalue weighted by Crippen LogP contribution is 2.24. The summed E-state index contributed by atoms with van der Waals surface area (Å²) in [6.45, 7) is -0.300. The van der Waals surface area contributed by atoms with Crippen LogP contribution in [0.25, 0.3) is 0 Å². The largest absolute Gasteiger partial charge is 0.495 e. The van der Waals surface area contributed by atoms with Gasteiger partial charge in [0.2, 0.25) is 10.0 Å². The zero-order valence-electron chi connectivity index (χ0n) is 11.6. The number of hydrogen-bond donors (Lipinski definition) is 3. The molecule has 1 unspecified atom stereocenters. The SMILES string of the molecule is COCC(O)CNS(=O)(=O)c1cc(C(=O)O)ccc1OC. The zero-order chi connectivity index (χ0) is 16.0. The second kappa shape index (κ2) is 7.36. The van der Waals surface area contributed by atoms with E-state index in [0.717, 1.165) is 6.07 Å². The summed E-state index contributed by atoms with van der Waals surface area (Å²) in [5.41, 5.74) is -0.186. The number of methoxy groups -OCH3 is 2. The monoisotopic (exact) mass is 319 g/mol. The van der Waals surface area contributed by atoms with E-state index in [2.05, 4.69) is 9.46 Å². The van der Waals surface area contributed by atoms with Crippen molar-refractivity contribution in [3.8, 4) is 5.75 Å². The second-order valence-corrected chi connectivity index (χ2v) is 5.87. The molecular formula is C12H17NO7S. The van der Waals surface area contributed by atoms with Gasteiger partial charge in [0, 0.05) is 13.7 Å². The van der Waals surface area contributed by atoms with Gasteiger partial charge in [0.25, 0.3) is 0 Å². The lowest BCUT2D eigenvalue weighted by molar-refractivity contribution is 0.0678. The lowest BCUT2D eigenvalue weighted by atomic mass is 10.2. The predicted molar refractivity (Wildman–Crippen MR) is 73.0 cm³/mol. The molecule has 0 saturated heterocycles. The molecule has 0 aliphatic carbocycles. The number of rotatable bonds is 8. The van der Waals surface area contributed by atoms with Crippen LogP contribution >= 0.6 is 0 Å². The maximum absolute atomic E-state index is 12.2. The Morgan fingerprint density at radius 2 is 2.05 bits per heavy atom. The zero-order valence-corrected chi connectivity index (χ0v) is 12.4. The molecule has 8 nitrogen and oxygen atoms in total. The van der Waals surface area contributed by atoms with Gasteiger partial charge in [0.15, 0.2) is 0 Å². The van der Waals surface area contributed by atoms with Gasteiger partial charge in [0.1, 0.15) is 10.6 Å². The van der Waals surface area contributed by atoms with E-state index in [1.807, 2.05) is 0 Å². The van der Waals surface area contributed by atoms with E-state index in [-0.39, 0.29) is 29.4 Å². The van der Waals surface area contributed by atoms with Gasteiger partial charge in [0.05, 0.1) is 25.4 Å². The molecule has 1 aromatic rings. The van der Waals surface area contributed by atoms with Crippen LogP contribution < -0.4 is 9.46 Å². The van der Waals surface area contributed by atoms with Crippen molar-refractivity contribution in [1.29, 1.82) is 0 Å². The Balaban J connectivity index is 3.05. The molecule has 0 aliphatic rings. The highest BCUT2D eigenvalue weighted by atomic mass is 32.2. The van der Waals surface area contributed by atoms with Gasteiger partial charge < -0.3 is 19.7 Å². The maximum atomic E-state index is 12.2. The smallest absolute Gasteiger partial charge is 0.335 e. The number of aromatic carboxylic acids is 1. The summed E-state index contributed by atoms with van der Waals surface area (Å²) in [7, 11) is -1.38. The minimum Gasteiger partial charge on any atom is -0.495 e. The average molecular weight is 319 g/mol. The van der Waals surface area contributed by atoms with Gasteiger partial charge in [-0.25, -0.2) is 17.9 Å². The van der Waals surface area contributed by atoms with E-state index in [1.165, 1.54) is 26.4 Å². The van der Waals surface area contributed by atoms with Crippen molar-refractivity contribution in [2.45, 2.75) is 11.0 Å². The first-order valence-corrected chi connectivity index (χ1v) is 7.38. The quantitative estimate of drug-likeness (QED) is 0.600. The number of sulfonamides is 1. The van der Waals surface area contributed by atoms with Crippen molar-refractivity contribution in [1.82, 2.24) is 4.72 Å². The van der Waals surface area contributed by atoms with Gasteiger partial charge in [-0.05, 0) is 18.2 Å². The molecule has 1 aromatic carbocycles. The summed E-state index contributed by atoms with van der Waals surface area (Å²) in [6, 6.07) is 3.48. The summed E-state index contributed by atoms with van der Waals surface area (Å²) in [6.07, 6.45) is -1.02. The molecule has 0 aliphatic heterocycles. The third-order valence-corrected chi connectivity index (χ3v) is 4.01. The Morgan fingerprint density at radius 1 is 1.38 bits per heavy atom. The molecule has 1 atom stereocenters. The molecule has 0 spiro atoms. The van der Waals surface area contributed by atoms with Gasteiger partial charge in [-0.2, -0.15) is 0 Å². The van der Waals surface area contributed by atoms with E-state index in [0.29, 0.717) is 0 Å². The third kappa shape index (κ3) is 4.67. The van der Waals surface area contributed by atoms with Crippen LogP contribution in [-0.4, -0.2) is 58.1 Å². The molecule has 0 saturated carbocycles. The topological polar surface area (TPSA) is 122 Å². The van der Waals surface area contributed by atoms with Gasteiger partial charge in [-0.15, -0.1) is 0 Å². The molecule has 21 heavy (non-hydrogen) atoms. The molecule has 0 aromatic heterocycles. The van der Waals surface area contributed by atoms with Crippen molar-refractivity contribution in [2.75, 3.05) is 27.4 Å². The molecular weight excluding hydrogens is 302 g/mol. The lowest BCUT2D eigenvalue weighted by Gasteiger charge is -2.13. The van der Waals surface area contributed by atoms with Crippen LogP contribution in [0.15, 0.2) is 23.1 Å². The number of hydrogen-bond acceptors (Lipinski definition) is 6. The minimum absolute atomic E-state index is 0.00808. The third-order valence-electron chi connectivity index (χ3n) is 2.57. The van der Waals surface area contributed by atoms with Crippen LogP contribution in [0, 0.1) is 0 Å². The van der Waals surface area contributed by atoms with E-state index in [9.17, 15) is 18.3 Å². The Morgan fingerprint density at radius 3 is 2.57 bits per heavy atom. The fourth-order valence-electron chi connectivity index (χ4n) is 1.55. The number of carboxylic acid groups (broad SMARTS) is 1. The Hall–Kier alpha value is -1.68. The summed E-state index contributed by atoms with van der Waals surface area (Å²) < 4.78 is 36.1. The number of aliphatic hydroxyl groups excluding tert-OH is 1. The normalized spacial score (nSPS) is 12.9. The number of carboxylic acids is 1. The fraction of sp³-hybridized carbons (Fsp3) is 0.417. The second-order valence-electron chi connectivity index (χ2n) is 4.13. The molecule has 0 fully saturated rings. The van der Waals surface area contributed by atoms with Crippen LogP contribution in [0.1, 0.15) is 10.4 Å². The van der Waals surface area contributed by atoms with E-state index in [1.54, 1.807) is 0 Å². The summed E-state index contributed by atoms with van der Waals surface area (Å²) in [5, 5.41) is 18.4. The Labute approximate surface area is 122 Å². The van der Waals surface area contributed by atoms with Crippen LogP contribution in [-0.2, 0) is 14.8 Å². The van der Waals surface area contributed by atoms with Crippen molar-refractivity contribution in [2.24, 2.45) is 0 Å². The van der Waals surface area contributed by atoms with Crippen LogP contribution in [0.4, 0.5) is 0 Å². The van der Waals surface area contributed by atoms with Crippen molar-refractivity contribution in [3.05, 3.63) is 23.8 Å². The predicted octanol–water partition coefficient (Wildman–Crippen LogP) is -0.321. The molecule has 1 rings (SSSR count). The van der Waals surface area contributed by atoms with E-state index < -0.39 is 22.1 Å². The average Bonchev–Trinajstić information content (AvgIpc) is 2.44. The molecule has 0 radical (unpaired) electrons. The van der Waals surface area contributed by atoms with Crippen molar-refractivity contribution in [3.63, 3.8) is 0 Å². The van der Waals surface area contributed by atoms with Crippen LogP contribution in [0.3, 0.4) is 0 Å². The molecule has 0 bridgehead atoms.